The molecule has 0 bridgehead atoms. The van der Waals surface area contributed by atoms with Crippen LogP contribution in [-0.4, -0.2) is 99.5 Å². The van der Waals surface area contributed by atoms with Crippen molar-refractivity contribution >= 4 is 5.82 Å². The third-order valence-corrected chi connectivity index (χ3v) is 12.2. The lowest BCUT2D eigenvalue weighted by atomic mass is 9.68. The van der Waals surface area contributed by atoms with Crippen molar-refractivity contribution in [2.24, 2.45) is 29.1 Å². The highest BCUT2D eigenvalue weighted by Gasteiger charge is 2.59. The van der Waals surface area contributed by atoms with Gasteiger partial charge >= 0.3 is 0 Å². The quantitative estimate of drug-likeness (QED) is 0.301. The van der Waals surface area contributed by atoms with Crippen LogP contribution in [0.25, 0.3) is 11.1 Å². The third-order valence-electron chi connectivity index (χ3n) is 12.2. The highest BCUT2D eigenvalue weighted by atomic mass is 19.1. The number of aromatic nitrogens is 5. The zero-order valence-electron chi connectivity index (χ0n) is 27.6. The molecule has 11 heteroatoms. The molecule has 1 unspecified atom stereocenters. The van der Waals surface area contributed by atoms with Crippen molar-refractivity contribution in [1.29, 1.82) is 0 Å². The van der Waals surface area contributed by atoms with Gasteiger partial charge in [0.25, 0.3) is 5.88 Å². The summed E-state index contributed by atoms with van der Waals surface area (Å²) in [6, 6.07) is 5.98. The Bertz CT molecular complexity index is 1630. The van der Waals surface area contributed by atoms with Crippen LogP contribution in [0.15, 0.2) is 37.1 Å². The van der Waals surface area contributed by atoms with Gasteiger partial charge in [-0.25, -0.2) is 19.3 Å². The molecule has 6 fully saturated rings. The lowest BCUT2D eigenvalue weighted by Gasteiger charge is -2.57. The molecule has 3 aromatic rings. The number of piperidine rings is 1. The Hall–Kier alpha value is -3.28. The monoisotopic (exact) mass is 640 g/mol. The van der Waals surface area contributed by atoms with Crippen molar-refractivity contribution in [3.8, 4) is 22.8 Å². The molecule has 0 N–H and O–H groups in total. The van der Waals surface area contributed by atoms with E-state index in [0.29, 0.717) is 47.0 Å². The van der Waals surface area contributed by atoms with Crippen molar-refractivity contribution in [3.05, 3.63) is 48.6 Å². The highest BCUT2D eigenvalue weighted by molar-refractivity contribution is 5.73. The lowest BCUT2D eigenvalue weighted by Crippen LogP contribution is -2.65. The van der Waals surface area contributed by atoms with Crippen molar-refractivity contribution in [1.82, 2.24) is 34.9 Å². The average molecular weight is 641 g/mol. The average Bonchev–Trinajstić information content (AvgIpc) is 3.90. The predicted molar refractivity (Wildman–Crippen MR) is 175 cm³/mol. The summed E-state index contributed by atoms with van der Waals surface area (Å²) < 4.78 is 26.6. The Morgan fingerprint density at radius 1 is 1.00 bits per heavy atom. The standard InChI is InChI=1S/C36H45FN8O2/c1-21(2)32(23-10-25(11-23)44-14-28-29(15-44)33(28)46-3)45-17-36(18-45)8-9-43(16-36)34-35(42-41-20-40-34)47-30-7-6-24(37)12-26(30)27-13-38-19-39-31(27)22-4-5-22/h6-7,12-13,19-23,25,28-29,32-33H,4-5,8-11,14-18H2,1-3H3/t23?,25?,28-,29+,32-,33?/m1/s1. The number of halogens is 1. The summed E-state index contributed by atoms with van der Waals surface area (Å²) in [5, 5.41) is 8.45. The van der Waals surface area contributed by atoms with Gasteiger partial charge < -0.3 is 14.4 Å². The van der Waals surface area contributed by atoms with Crippen LogP contribution < -0.4 is 9.64 Å². The summed E-state index contributed by atoms with van der Waals surface area (Å²) >= 11 is 0. The van der Waals surface area contributed by atoms with Crippen molar-refractivity contribution in [2.45, 2.75) is 70.1 Å². The number of rotatable bonds is 10. The van der Waals surface area contributed by atoms with Gasteiger partial charge in [-0.2, -0.15) is 0 Å². The summed E-state index contributed by atoms with van der Waals surface area (Å²) in [6.07, 6.45) is 11.3. The molecule has 3 saturated heterocycles. The molecular weight excluding hydrogens is 595 g/mol. The van der Waals surface area contributed by atoms with Crippen LogP contribution in [0.4, 0.5) is 10.2 Å². The number of hydrogen-bond acceptors (Lipinski definition) is 10. The number of nitrogens with zero attached hydrogens (tertiary/aromatic N) is 8. The van der Waals surface area contributed by atoms with Gasteiger partial charge in [-0.1, -0.05) is 13.8 Å². The maximum absolute atomic E-state index is 14.6. The maximum Gasteiger partial charge on any atom is 0.282 e. The van der Waals surface area contributed by atoms with Crippen LogP contribution in [0, 0.1) is 34.9 Å². The van der Waals surface area contributed by atoms with Gasteiger partial charge in [-0.15, -0.1) is 10.2 Å². The lowest BCUT2D eigenvalue weighted by molar-refractivity contribution is -0.0799. The number of benzene rings is 1. The molecule has 248 valence electrons. The molecule has 1 aromatic carbocycles. The molecule has 3 aliphatic heterocycles. The minimum Gasteiger partial charge on any atom is -0.434 e. The fraction of sp³-hybridized carbons (Fsp3) is 0.639. The minimum absolute atomic E-state index is 0.255. The second-order valence-corrected chi connectivity index (χ2v) is 15.6. The number of fused-ring (bicyclic) bond motifs is 1. The van der Waals surface area contributed by atoms with Crippen LogP contribution in [0.5, 0.6) is 11.6 Å². The van der Waals surface area contributed by atoms with E-state index in [1.807, 2.05) is 7.11 Å². The molecule has 47 heavy (non-hydrogen) atoms. The van der Waals surface area contributed by atoms with Gasteiger partial charge in [0.15, 0.2) is 5.82 Å². The van der Waals surface area contributed by atoms with E-state index < -0.39 is 0 Å². The Morgan fingerprint density at radius 2 is 1.81 bits per heavy atom. The Kier molecular flexibility index (Phi) is 7.24. The molecule has 3 aliphatic carbocycles. The Labute approximate surface area is 276 Å². The van der Waals surface area contributed by atoms with Gasteiger partial charge in [-0.3, -0.25) is 9.80 Å². The zero-order valence-corrected chi connectivity index (χ0v) is 27.6. The maximum atomic E-state index is 14.6. The van der Waals surface area contributed by atoms with E-state index in [2.05, 4.69) is 53.7 Å². The van der Waals surface area contributed by atoms with Gasteiger partial charge in [0.05, 0.1) is 11.8 Å². The predicted octanol–water partition coefficient (Wildman–Crippen LogP) is 5.03. The largest absolute Gasteiger partial charge is 0.434 e. The van der Waals surface area contributed by atoms with Gasteiger partial charge in [0.1, 0.15) is 24.2 Å². The molecule has 0 amide bonds. The highest BCUT2D eigenvalue weighted by Crippen LogP contribution is 2.52. The second-order valence-electron chi connectivity index (χ2n) is 15.6. The fourth-order valence-corrected chi connectivity index (χ4v) is 9.70. The van der Waals surface area contributed by atoms with Crippen LogP contribution in [0.1, 0.15) is 57.6 Å². The molecule has 10 nitrogen and oxygen atoms in total. The van der Waals surface area contributed by atoms with Crippen molar-refractivity contribution < 1.29 is 13.9 Å². The first-order valence-electron chi connectivity index (χ1n) is 17.6. The normalized spacial score (nSPS) is 30.3. The van der Waals surface area contributed by atoms with E-state index in [0.717, 1.165) is 80.5 Å². The summed E-state index contributed by atoms with van der Waals surface area (Å²) in [5.74, 6) is 4.58. The smallest absolute Gasteiger partial charge is 0.282 e. The van der Waals surface area contributed by atoms with Gasteiger partial charge in [0, 0.05) is 99.0 Å². The first-order valence-corrected chi connectivity index (χ1v) is 17.6. The number of anilines is 1. The SMILES string of the molecule is COC1[C@H]2CN(C3CC([C@@H](C(C)C)N4CC5(CCN(c6ncnnc6Oc6ccc(F)cc6-c6cncnc6C6CC6)C5)C4)C3)C[C@@H]12. The van der Waals surface area contributed by atoms with E-state index in [9.17, 15) is 4.39 Å². The minimum atomic E-state index is -0.337. The number of ether oxygens (including phenoxy) is 2. The van der Waals surface area contributed by atoms with E-state index in [4.69, 9.17) is 9.47 Å². The molecule has 2 aromatic heterocycles. The second kappa shape index (κ2) is 11.4. The van der Waals surface area contributed by atoms with E-state index in [1.54, 1.807) is 18.6 Å². The zero-order chi connectivity index (χ0) is 31.9. The van der Waals surface area contributed by atoms with E-state index in [1.165, 1.54) is 44.4 Å². The third kappa shape index (κ3) is 5.29. The molecule has 6 aliphatic rings. The fourth-order valence-electron chi connectivity index (χ4n) is 9.70. The van der Waals surface area contributed by atoms with E-state index in [-0.39, 0.29) is 11.2 Å². The molecule has 5 heterocycles. The Balaban J connectivity index is 0.864. The molecule has 4 atom stereocenters. The Morgan fingerprint density at radius 3 is 2.55 bits per heavy atom. The van der Waals surface area contributed by atoms with E-state index >= 15 is 0 Å². The summed E-state index contributed by atoms with van der Waals surface area (Å²) in [5.41, 5.74) is 2.61. The number of hydrogen-bond donors (Lipinski definition) is 0. The first-order chi connectivity index (χ1) is 22.9. The molecule has 9 rings (SSSR count). The molecule has 3 saturated carbocycles. The molecule has 1 spiro atoms. The summed E-state index contributed by atoms with van der Waals surface area (Å²) in [7, 11) is 1.87. The van der Waals surface area contributed by atoms with Gasteiger partial charge in [0.2, 0.25) is 0 Å². The summed E-state index contributed by atoms with van der Waals surface area (Å²) in [6.45, 7) is 11.4. The topological polar surface area (TPSA) is 92.6 Å². The van der Waals surface area contributed by atoms with Crippen molar-refractivity contribution in [3.63, 3.8) is 0 Å². The number of likely N-dealkylation sites (tertiary alicyclic amines) is 2. The van der Waals surface area contributed by atoms with Gasteiger partial charge in [-0.05, 0) is 62.1 Å². The number of methoxy groups -OCH3 is 1. The first kappa shape index (κ1) is 29.8. The summed E-state index contributed by atoms with van der Waals surface area (Å²) in [4.78, 5) is 21.3. The van der Waals surface area contributed by atoms with Crippen LogP contribution in [-0.2, 0) is 4.74 Å². The van der Waals surface area contributed by atoms with Crippen LogP contribution in [0.2, 0.25) is 0 Å². The molecule has 0 radical (unpaired) electrons. The van der Waals surface area contributed by atoms with Crippen LogP contribution >= 0.6 is 0 Å². The van der Waals surface area contributed by atoms with Crippen molar-refractivity contribution in [2.75, 3.05) is 51.3 Å². The van der Waals surface area contributed by atoms with Crippen LogP contribution in [0.3, 0.4) is 0 Å². The molecular formula is C36H45FN8O2.